The van der Waals surface area contributed by atoms with Gasteiger partial charge in [0.1, 0.15) is 17.1 Å². The first-order valence-corrected chi connectivity index (χ1v) is 12.4. The number of hydrogen-bond acceptors (Lipinski definition) is 6. The number of rotatable bonds is 7. The number of nitrogens with one attached hydrogen (secondary N) is 1. The molecule has 2 aromatic carbocycles. The quantitative estimate of drug-likeness (QED) is 0.239. The number of hydrogen-bond donors (Lipinski definition) is 1. The lowest BCUT2D eigenvalue weighted by atomic mass is 9.92. The van der Waals surface area contributed by atoms with Crippen molar-refractivity contribution in [2.75, 3.05) is 7.11 Å². The minimum atomic E-state index is -0.681. The van der Waals surface area contributed by atoms with Crippen molar-refractivity contribution in [2.45, 2.75) is 27.2 Å². The third kappa shape index (κ3) is 5.05. The van der Waals surface area contributed by atoms with Crippen LogP contribution in [0.15, 0.2) is 65.8 Å². The Morgan fingerprint density at radius 3 is 2.40 bits per heavy atom. The minimum absolute atomic E-state index is 0.0564. The Labute approximate surface area is 228 Å². The Morgan fingerprint density at radius 2 is 1.70 bits per heavy atom. The van der Waals surface area contributed by atoms with Crippen LogP contribution in [-0.2, 0) is 6.42 Å². The molecule has 0 aliphatic carbocycles. The van der Waals surface area contributed by atoms with Gasteiger partial charge < -0.3 is 14.5 Å². The molecule has 40 heavy (non-hydrogen) atoms. The zero-order valence-electron chi connectivity index (χ0n) is 22.3. The van der Waals surface area contributed by atoms with E-state index in [1.54, 1.807) is 39.0 Å². The van der Waals surface area contributed by atoms with E-state index in [2.05, 4.69) is 15.0 Å². The molecule has 1 N–H and O–H groups in total. The van der Waals surface area contributed by atoms with Gasteiger partial charge in [-0.1, -0.05) is 6.07 Å². The number of methoxy groups -OCH3 is 1. The lowest BCUT2D eigenvalue weighted by Gasteiger charge is -2.14. The molecule has 0 amide bonds. The van der Waals surface area contributed by atoms with Crippen molar-refractivity contribution in [3.63, 3.8) is 0 Å². The molecular weight excluding hydrogens is 516 g/mol. The Bertz CT molecular complexity index is 1830. The number of aryl methyl sites for hydroxylation is 3. The molecule has 0 bridgehead atoms. The van der Waals surface area contributed by atoms with Gasteiger partial charge >= 0.3 is 0 Å². The van der Waals surface area contributed by atoms with Gasteiger partial charge in [-0.3, -0.25) is 14.6 Å². The number of ether oxygens (including phenoxy) is 2. The number of halogens is 2. The number of pyridine rings is 3. The molecule has 0 saturated carbocycles. The first-order valence-electron chi connectivity index (χ1n) is 12.4. The van der Waals surface area contributed by atoms with Crippen molar-refractivity contribution in [1.82, 2.24) is 15.0 Å². The SMILES string of the molecule is COc1cnc2c(Oc3ccc(CC(=O)c4c[nH]c(C)c(-c5c(C)cc(F)cc5C)c4=O)cc3F)ccnc2c1. The molecule has 0 fully saturated rings. The van der Waals surface area contributed by atoms with E-state index >= 15 is 4.39 Å². The van der Waals surface area contributed by atoms with E-state index in [0.717, 1.165) is 0 Å². The third-order valence-electron chi connectivity index (χ3n) is 6.66. The van der Waals surface area contributed by atoms with E-state index in [1.165, 1.54) is 50.0 Å². The van der Waals surface area contributed by atoms with Crippen LogP contribution in [-0.4, -0.2) is 27.8 Å². The summed E-state index contributed by atoms with van der Waals surface area (Å²) in [6.07, 6.45) is 4.19. The zero-order valence-corrected chi connectivity index (χ0v) is 22.3. The van der Waals surface area contributed by atoms with Crippen molar-refractivity contribution >= 4 is 16.8 Å². The van der Waals surface area contributed by atoms with Crippen LogP contribution < -0.4 is 14.9 Å². The maximum absolute atomic E-state index is 15.1. The van der Waals surface area contributed by atoms with Gasteiger partial charge in [-0.05, 0) is 67.3 Å². The summed E-state index contributed by atoms with van der Waals surface area (Å²) in [7, 11) is 1.52. The number of carbonyl (C=O) groups excluding carboxylic acids is 1. The van der Waals surface area contributed by atoms with Crippen LogP contribution in [0.25, 0.3) is 22.2 Å². The molecule has 0 radical (unpaired) electrons. The molecule has 3 aromatic heterocycles. The van der Waals surface area contributed by atoms with Crippen molar-refractivity contribution in [2.24, 2.45) is 0 Å². The monoisotopic (exact) mass is 541 g/mol. The molecule has 5 rings (SSSR count). The van der Waals surface area contributed by atoms with Gasteiger partial charge in [-0.2, -0.15) is 0 Å². The summed E-state index contributed by atoms with van der Waals surface area (Å²) in [5, 5.41) is 0. The molecule has 0 atom stereocenters. The summed E-state index contributed by atoms with van der Waals surface area (Å²) in [4.78, 5) is 38.1. The minimum Gasteiger partial charge on any atom is -0.495 e. The number of Topliss-reactive ketones (excluding diaryl/α,β-unsaturated/α-hetero) is 1. The average Bonchev–Trinajstić information content (AvgIpc) is 2.91. The average molecular weight is 542 g/mol. The maximum Gasteiger partial charge on any atom is 0.200 e. The summed E-state index contributed by atoms with van der Waals surface area (Å²) < 4.78 is 39.9. The second-order valence-corrected chi connectivity index (χ2v) is 9.46. The number of aromatic amines is 1. The molecule has 202 valence electrons. The van der Waals surface area contributed by atoms with Crippen LogP contribution in [0.5, 0.6) is 17.2 Å². The van der Waals surface area contributed by atoms with E-state index in [4.69, 9.17) is 9.47 Å². The first kappa shape index (κ1) is 26.7. The van der Waals surface area contributed by atoms with E-state index in [9.17, 15) is 14.0 Å². The van der Waals surface area contributed by atoms with Gasteiger partial charge in [0.05, 0.1) is 24.4 Å². The number of nitrogens with zero attached hydrogens (tertiary/aromatic N) is 2. The molecule has 0 unspecified atom stereocenters. The summed E-state index contributed by atoms with van der Waals surface area (Å²) in [6, 6.07) is 10.2. The number of aromatic nitrogens is 3. The van der Waals surface area contributed by atoms with Crippen LogP contribution in [0.3, 0.4) is 0 Å². The highest BCUT2D eigenvalue weighted by atomic mass is 19.1. The number of fused-ring (bicyclic) bond motifs is 1. The molecule has 3 heterocycles. The highest BCUT2D eigenvalue weighted by molar-refractivity contribution is 5.98. The predicted octanol–water partition coefficient (Wildman–Crippen LogP) is 6.41. The van der Waals surface area contributed by atoms with Crippen molar-refractivity contribution in [3.8, 4) is 28.4 Å². The van der Waals surface area contributed by atoms with Gasteiger partial charge in [0.25, 0.3) is 0 Å². The van der Waals surface area contributed by atoms with Gasteiger partial charge in [0.2, 0.25) is 0 Å². The van der Waals surface area contributed by atoms with E-state index in [1.807, 2.05) is 0 Å². The van der Waals surface area contributed by atoms with E-state index in [0.29, 0.717) is 56.0 Å². The van der Waals surface area contributed by atoms with Crippen LogP contribution >= 0.6 is 0 Å². The highest BCUT2D eigenvalue weighted by Gasteiger charge is 2.21. The van der Waals surface area contributed by atoms with Crippen LogP contribution in [0.1, 0.15) is 32.7 Å². The molecule has 5 aromatic rings. The van der Waals surface area contributed by atoms with Crippen molar-refractivity contribution in [3.05, 3.63) is 111 Å². The van der Waals surface area contributed by atoms with Crippen LogP contribution in [0.2, 0.25) is 0 Å². The van der Waals surface area contributed by atoms with Gasteiger partial charge in [0.15, 0.2) is 28.5 Å². The molecule has 0 aliphatic heterocycles. The number of benzene rings is 2. The Balaban J connectivity index is 1.41. The van der Waals surface area contributed by atoms with Crippen LogP contribution in [0, 0.1) is 32.4 Å². The fourth-order valence-corrected chi connectivity index (χ4v) is 4.75. The largest absolute Gasteiger partial charge is 0.495 e. The number of carbonyl (C=O) groups is 1. The van der Waals surface area contributed by atoms with Crippen molar-refractivity contribution < 1.29 is 23.0 Å². The molecular formula is C31H25F2N3O4. The van der Waals surface area contributed by atoms with Gasteiger partial charge in [-0.25, -0.2) is 13.8 Å². The van der Waals surface area contributed by atoms with Gasteiger partial charge in [0, 0.05) is 42.2 Å². The fourth-order valence-electron chi connectivity index (χ4n) is 4.75. The highest BCUT2D eigenvalue weighted by Crippen LogP contribution is 2.31. The molecule has 0 aliphatic rings. The first-order chi connectivity index (χ1) is 19.2. The van der Waals surface area contributed by atoms with Crippen molar-refractivity contribution in [1.29, 1.82) is 0 Å². The fraction of sp³-hybridized carbons (Fsp3) is 0.161. The molecule has 0 saturated heterocycles. The summed E-state index contributed by atoms with van der Waals surface area (Å²) in [5.74, 6) is -0.784. The summed E-state index contributed by atoms with van der Waals surface area (Å²) in [6.45, 7) is 5.15. The predicted molar refractivity (Wildman–Crippen MR) is 147 cm³/mol. The maximum atomic E-state index is 15.1. The Hall–Kier alpha value is -4.92. The topological polar surface area (TPSA) is 94.2 Å². The zero-order chi connectivity index (χ0) is 28.6. The Morgan fingerprint density at radius 1 is 0.950 bits per heavy atom. The van der Waals surface area contributed by atoms with E-state index < -0.39 is 22.8 Å². The molecule has 0 spiro atoms. The van der Waals surface area contributed by atoms with Gasteiger partial charge in [-0.15, -0.1) is 0 Å². The second-order valence-electron chi connectivity index (χ2n) is 9.46. The normalized spacial score (nSPS) is 11.1. The second kappa shape index (κ2) is 10.7. The summed E-state index contributed by atoms with van der Waals surface area (Å²) >= 11 is 0. The lowest BCUT2D eigenvalue weighted by molar-refractivity contribution is 0.0991. The van der Waals surface area contributed by atoms with Crippen LogP contribution in [0.4, 0.5) is 8.78 Å². The number of H-pyrrole nitrogens is 1. The Kier molecular flexibility index (Phi) is 7.13. The molecule has 9 heteroatoms. The smallest absolute Gasteiger partial charge is 0.200 e. The van der Waals surface area contributed by atoms with E-state index in [-0.39, 0.29) is 17.7 Å². The standard InChI is InChI=1S/C31H25F2N3O4/c1-16-9-20(32)10-17(2)28(16)29-18(3)35-15-22(31(29)38)25(37)12-19-5-6-26(23(33)11-19)40-27-7-8-34-24-13-21(39-4)14-36-30(24)27/h5-11,13-15H,12H2,1-4H3,(H,35,38). The number of ketones is 1. The third-order valence-corrected chi connectivity index (χ3v) is 6.66. The lowest BCUT2D eigenvalue weighted by Crippen LogP contribution is -2.21. The molecule has 7 nitrogen and oxygen atoms in total. The summed E-state index contributed by atoms with van der Waals surface area (Å²) in [5.41, 5.74) is 3.43.